The Morgan fingerprint density at radius 3 is 2.35 bits per heavy atom. The summed E-state index contributed by atoms with van der Waals surface area (Å²) in [6.07, 6.45) is 0. The van der Waals surface area contributed by atoms with Gasteiger partial charge in [-0.3, -0.25) is 0 Å². The number of esters is 1. The Balaban J connectivity index is 2.19. The number of hydrogen-bond acceptors (Lipinski definition) is 2. The van der Waals surface area contributed by atoms with Crippen LogP contribution in [0.3, 0.4) is 0 Å². The van der Waals surface area contributed by atoms with Crippen LogP contribution < -0.4 is 4.74 Å². The molecule has 0 atom stereocenters. The van der Waals surface area contributed by atoms with Gasteiger partial charge >= 0.3 is 5.97 Å². The molecule has 0 saturated carbocycles. The predicted molar refractivity (Wildman–Crippen MR) is 57.8 cm³/mol. The van der Waals surface area contributed by atoms with E-state index in [0.717, 1.165) is 12.1 Å². The molecule has 0 saturated heterocycles. The largest absolute Gasteiger partial charge is 0.420 e. The number of ether oxygens (including phenoxy) is 1. The van der Waals surface area contributed by atoms with Gasteiger partial charge in [0.25, 0.3) is 0 Å². The average Bonchev–Trinajstić information content (AvgIpc) is 2.34. The van der Waals surface area contributed by atoms with E-state index < -0.39 is 17.6 Å². The minimum Gasteiger partial charge on any atom is -0.420 e. The van der Waals surface area contributed by atoms with Crippen LogP contribution in [0.4, 0.5) is 8.78 Å². The molecule has 86 valence electrons. The maximum absolute atomic E-state index is 13.2. The van der Waals surface area contributed by atoms with Gasteiger partial charge in [-0.2, -0.15) is 0 Å². The lowest BCUT2D eigenvalue weighted by atomic mass is 10.2. The fraction of sp³-hybridized carbons (Fsp3) is 0. The molecule has 2 aromatic carbocycles. The van der Waals surface area contributed by atoms with Crippen LogP contribution >= 0.6 is 0 Å². The fourth-order valence-corrected chi connectivity index (χ4v) is 1.29. The molecular weight excluding hydrogens is 226 g/mol. The van der Waals surface area contributed by atoms with Crippen LogP contribution in [-0.4, -0.2) is 5.97 Å². The average molecular weight is 234 g/mol. The standard InChI is InChI=1S/C13H8F2O2/c14-10-6-7-12(11(15)8-10)17-13(16)9-4-2-1-3-5-9/h1-8H. The highest BCUT2D eigenvalue weighted by Gasteiger charge is 2.11. The van der Waals surface area contributed by atoms with E-state index in [1.807, 2.05) is 0 Å². The van der Waals surface area contributed by atoms with E-state index in [1.54, 1.807) is 30.3 Å². The number of hydrogen-bond donors (Lipinski definition) is 0. The maximum atomic E-state index is 13.2. The van der Waals surface area contributed by atoms with Crippen molar-refractivity contribution in [2.24, 2.45) is 0 Å². The van der Waals surface area contributed by atoms with Gasteiger partial charge in [0, 0.05) is 6.07 Å². The molecule has 0 heterocycles. The van der Waals surface area contributed by atoms with Gasteiger partial charge in [0.2, 0.25) is 0 Å². The van der Waals surface area contributed by atoms with Crippen LogP contribution in [0.15, 0.2) is 48.5 Å². The SMILES string of the molecule is O=C(Oc1ccc(F)cc1F)c1ccccc1. The zero-order chi connectivity index (χ0) is 12.3. The molecule has 0 radical (unpaired) electrons. The number of benzene rings is 2. The first-order chi connectivity index (χ1) is 8.16. The summed E-state index contributed by atoms with van der Waals surface area (Å²) in [7, 11) is 0. The van der Waals surface area contributed by atoms with Crippen molar-refractivity contribution in [3.05, 3.63) is 65.7 Å². The second-order valence-electron chi connectivity index (χ2n) is 3.33. The highest BCUT2D eigenvalue weighted by atomic mass is 19.1. The molecule has 0 spiro atoms. The molecule has 0 fully saturated rings. The van der Waals surface area contributed by atoms with E-state index in [2.05, 4.69) is 0 Å². The van der Waals surface area contributed by atoms with Crippen molar-refractivity contribution in [1.82, 2.24) is 0 Å². The summed E-state index contributed by atoms with van der Waals surface area (Å²) in [5.41, 5.74) is 0.302. The van der Waals surface area contributed by atoms with E-state index in [9.17, 15) is 13.6 Å². The lowest BCUT2D eigenvalue weighted by molar-refractivity contribution is 0.0727. The van der Waals surface area contributed by atoms with E-state index in [1.165, 1.54) is 0 Å². The van der Waals surface area contributed by atoms with Crippen LogP contribution in [0, 0.1) is 11.6 Å². The fourth-order valence-electron chi connectivity index (χ4n) is 1.29. The van der Waals surface area contributed by atoms with E-state index >= 15 is 0 Å². The molecule has 0 aliphatic rings. The molecule has 17 heavy (non-hydrogen) atoms. The summed E-state index contributed by atoms with van der Waals surface area (Å²) in [6.45, 7) is 0. The summed E-state index contributed by atoms with van der Waals surface area (Å²) in [5.74, 6) is -2.60. The smallest absolute Gasteiger partial charge is 0.343 e. The third kappa shape index (κ3) is 2.66. The monoisotopic (exact) mass is 234 g/mol. The van der Waals surface area contributed by atoms with Crippen LogP contribution in [0.2, 0.25) is 0 Å². The number of carbonyl (C=O) groups is 1. The Hall–Kier alpha value is -2.23. The van der Waals surface area contributed by atoms with Gasteiger partial charge in [-0.1, -0.05) is 18.2 Å². The molecule has 0 amide bonds. The van der Waals surface area contributed by atoms with Crippen LogP contribution in [-0.2, 0) is 0 Å². The molecule has 2 aromatic rings. The third-order valence-corrected chi connectivity index (χ3v) is 2.11. The first-order valence-corrected chi connectivity index (χ1v) is 4.89. The van der Waals surface area contributed by atoms with Gasteiger partial charge in [-0.05, 0) is 24.3 Å². The highest BCUT2D eigenvalue weighted by molar-refractivity contribution is 5.90. The predicted octanol–water partition coefficient (Wildman–Crippen LogP) is 3.18. The molecule has 2 nitrogen and oxygen atoms in total. The lowest BCUT2D eigenvalue weighted by Gasteiger charge is -2.05. The molecule has 0 aliphatic heterocycles. The van der Waals surface area contributed by atoms with Gasteiger partial charge in [-0.15, -0.1) is 0 Å². The minimum atomic E-state index is -0.908. The molecule has 0 aromatic heterocycles. The Labute approximate surface area is 96.5 Å². The van der Waals surface area contributed by atoms with Crippen LogP contribution in [0.25, 0.3) is 0 Å². The van der Waals surface area contributed by atoms with Crippen molar-refractivity contribution in [1.29, 1.82) is 0 Å². The lowest BCUT2D eigenvalue weighted by Crippen LogP contribution is -2.09. The summed E-state index contributed by atoms with van der Waals surface area (Å²) >= 11 is 0. The molecular formula is C13H8F2O2. The maximum Gasteiger partial charge on any atom is 0.343 e. The number of carbonyl (C=O) groups excluding carboxylic acids is 1. The van der Waals surface area contributed by atoms with Crippen molar-refractivity contribution in [3.8, 4) is 5.75 Å². The van der Waals surface area contributed by atoms with Crippen LogP contribution in [0.5, 0.6) is 5.75 Å². The molecule has 4 heteroatoms. The molecule has 2 rings (SSSR count). The van der Waals surface area contributed by atoms with Crippen molar-refractivity contribution in [2.75, 3.05) is 0 Å². The van der Waals surface area contributed by atoms with Crippen molar-refractivity contribution in [2.45, 2.75) is 0 Å². The second kappa shape index (κ2) is 4.74. The third-order valence-electron chi connectivity index (χ3n) is 2.11. The first-order valence-electron chi connectivity index (χ1n) is 4.89. The van der Waals surface area contributed by atoms with Crippen molar-refractivity contribution in [3.63, 3.8) is 0 Å². The first kappa shape index (κ1) is 11.3. The zero-order valence-electron chi connectivity index (χ0n) is 8.69. The Bertz CT molecular complexity index is 538. The second-order valence-corrected chi connectivity index (χ2v) is 3.33. The zero-order valence-corrected chi connectivity index (χ0v) is 8.69. The highest BCUT2D eigenvalue weighted by Crippen LogP contribution is 2.18. The normalized spacial score (nSPS) is 10.0. The minimum absolute atomic E-state index is 0.291. The molecule has 0 bridgehead atoms. The topological polar surface area (TPSA) is 26.3 Å². The Kier molecular flexibility index (Phi) is 3.14. The summed E-state index contributed by atoms with van der Waals surface area (Å²) in [6, 6.07) is 10.9. The van der Waals surface area contributed by atoms with Gasteiger partial charge < -0.3 is 4.74 Å². The number of rotatable bonds is 2. The molecule has 0 aliphatic carbocycles. The van der Waals surface area contributed by atoms with Gasteiger partial charge in [0.1, 0.15) is 5.82 Å². The van der Waals surface area contributed by atoms with Crippen molar-refractivity contribution < 1.29 is 18.3 Å². The number of halogens is 2. The summed E-state index contributed by atoms with van der Waals surface area (Å²) in [5, 5.41) is 0. The van der Waals surface area contributed by atoms with Crippen molar-refractivity contribution >= 4 is 5.97 Å². The van der Waals surface area contributed by atoms with E-state index in [-0.39, 0.29) is 5.75 Å². The van der Waals surface area contributed by atoms with Crippen LogP contribution in [0.1, 0.15) is 10.4 Å². The quantitative estimate of drug-likeness (QED) is 0.589. The van der Waals surface area contributed by atoms with E-state index in [0.29, 0.717) is 11.6 Å². The summed E-state index contributed by atoms with van der Waals surface area (Å²) in [4.78, 5) is 11.6. The Morgan fingerprint density at radius 1 is 1.00 bits per heavy atom. The van der Waals surface area contributed by atoms with Gasteiger partial charge in [-0.25, -0.2) is 13.6 Å². The Morgan fingerprint density at radius 2 is 1.71 bits per heavy atom. The van der Waals surface area contributed by atoms with Gasteiger partial charge in [0.15, 0.2) is 11.6 Å². The molecule has 0 N–H and O–H groups in total. The molecule has 0 unspecified atom stereocenters. The van der Waals surface area contributed by atoms with Gasteiger partial charge in [0.05, 0.1) is 5.56 Å². The summed E-state index contributed by atoms with van der Waals surface area (Å²) < 4.78 is 30.6. The van der Waals surface area contributed by atoms with E-state index in [4.69, 9.17) is 4.74 Å².